The summed E-state index contributed by atoms with van der Waals surface area (Å²) in [5.74, 6) is 0. The number of hydrogen-bond acceptors (Lipinski definition) is 2. The van der Waals surface area contributed by atoms with Crippen molar-refractivity contribution in [3.05, 3.63) is 29.3 Å². The predicted molar refractivity (Wildman–Crippen MR) is 79.7 cm³/mol. The van der Waals surface area contributed by atoms with Gasteiger partial charge in [0.1, 0.15) is 0 Å². The lowest BCUT2D eigenvalue weighted by Gasteiger charge is -2.41. The van der Waals surface area contributed by atoms with E-state index < -0.39 is 11.7 Å². The highest BCUT2D eigenvalue weighted by molar-refractivity contribution is 5.53. The van der Waals surface area contributed by atoms with E-state index in [1.807, 2.05) is 6.07 Å². The van der Waals surface area contributed by atoms with Crippen LogP contribution in [0.4, 0.5) is 18.9 Å². The van der Waals surface area contributed by atoms with Gasteiger partial charge in [-0.15, -0.1) is 0 Å². The summed E-state index contributed by atoms with van der Waals surface area (Å²) in [5.41, 5.74) is 0.433. The van der Waals surface area contributed by atoms with Crippen molar-refractivity contribution in [3.8, 4) is 0 Å². The van der Waals surface area contributed by atoms with Crippen molar-refractivity contribution in [2.45, 2.75) is 51.9 Å². The molecule has 2 nitrogen and oxygen atoms in total. The summed E-state index contributed by atoms with van der Waals surface area (Å²) in [5, 5.41) is 3.46. The monoisotopic (exact) mass is 300 g/mol. The molecule has 2 unspecified atom stereocenters. The minimum Gasteiger partial charge on any atom is -0.366 e. The summed E-state index contributed by atoms with van der Waals surface area (Å²) >= 11 is 0. The quantitative estimate of drug-likeness (QED) is 0.908. The van der Waals surface area contributed by atoms with Crippen LogP contribution in [-0.2, 0) is 6.18 Å². The molecule has 1 aliphatic heterocycles. The molecule has 1 aromatic rings. The van der Waals surface area contributed by atoms with Crippen molar-refractivity contribution >= 4 is 5.69 Å². The van der Waals surface area contributed by atoms with Crippen molar-refractivity contribution in [2.75, 3.05) is 18.0 Å². The van der Waals surface area contributed by atoms with E-state index in [0.29, 0.717) is 11.7 Å². The molecule has 1 saturated heterocycles. The standard InChI is InChI=1S/C16H23F3N2/c1-4-12-10-21(13(5-2)9-20-12)14-7-6-11(3)15(8-14)16(17,18)19/h6-8,12-13,20H,4-5,9-10H2,1-3H3. The number of alkyl halides is 3. The average Bonchev–Trinajstić information content (AvgIpc) is 2.46. The molecular formula is C16H23F3N2. The molecule has 1 heterocycles. The zero-order chi connectivity index (χ0) is 15.6. The predicted octanol–water partition coefficient (Wildman–Crippen LogP) is 3.98. The highest BCUT2D eigenvalue weighted by atomic mass is 19.4. The van der Waals surface area contributed by atoms with Gasteiger partial charge in [-0.1, -0.05) is 19.9 Å². The van der Waals surface area contributed by atoms with Crippen LogP contribution in [-0.4, -0.2) is 25.2 Å². The van der Waals surface area contributed by atoms with Crippen LogP contribution in [0.15, 0.2) is 18.2 Å². The van der Waals surface area contributed by atoms with Gasteiger partial charge in [0.05, 0.1) is 5.56 Å². The van der Waals surface area contributed by atoms with Gasteiger partial charge in [-0.3, -0.25) is 0 Å². The van der Waals surface area contributed by atoms with Crippen LogP contribution >= 0.6 is 0 Å². The molecule has 2 rings (SSSR count). The smallest absolute Gasteiger partial charge is 0.366 e. The van der Waals surface area contributed by atoms with Gasteiger partial charge < -0.3 is 10.2 Å². The lowest BCUT2D eigenvalue weighted by Crippen LogP contribution is -2.56. The molecule has 0 amide bonds. The Labute approximate surface area is 124 Å². The molecule has 2 atom stereocenters. The van der Waals surface area contributed by atoms with E-state index in [2.05, 4.69) is 24.1 Å². The topological polar surface area (TPSA) is 15.3 Å². The fourth-order valence-corrected chi connectivity index (χ4v) is 2.91. The van der Waals surface area contributed by atoms with E-state index in [-0.39, 0.29) is 11.6 Å². The van der Waals surface area contributed by atoms with Crippen LogP contribution in [0.1, 0.15) is 37.8 Å². The average molecular weight is 300 g/mol. The minimum atomic E-state index is -4.29. The first-order chi connectivity index (χ1) is 9.86. The Morgan fingerprint density at radius 3 is 2.52 bits per heavy atom. The van der Waals surface area contributed by atoms with Crippen LogP contribution in [0.5, 0.6) is 0 Å². The summed E-state index contributed by atoms with van der Waals surface area (Å²) in [6.45, 7) is 7.26. The number of aryl methyl sites for hydroxylation is 1. The largest absolute Gasteiger partial charge is 0.416 e. The van der Waals surface area contributed by atoms with Crippen LogP contribution in [0.2, 0.25) is 0 Å². The number of halogens is 3. The van der Waals surface area contributed by atoms with Crippen LogP contribution in [0.3, 0.4) is 0 Å². The number of benzene rings is 1. The van der Waals surface area contributed by atoms with Crippen molar-refractivity contribution in [2.24, 2.45) is 0 Å². The molecule has 0 bridgehead atoms. The summed E-state index contributed by atoms with van der Waals surface area (Å²) in [6, 6.07) is 5.27. The van der Waals surface area contributed by atoms with Gasteiger partial charge in [0.25, 0.3) is 0 Å². The summed E-state index contributed by atoms with van der Waals surface area (Å²) in [7, 11) is 0. The highest BCUT2D eigenvalue weighted by Gasteiger charge is 2.34. The third kappa shape index (κ3) is 3.51. The summed E-state index contributed by atoms with van der Waals surface area (Å²) < 4.78 is 39.3. The van der Waals surface area contributed by atoms with Gasteiger partial charge in [-0.2, -0.15) is 13.2 Å². The SMILES string of the molecule is CCC1CN(c2ccc(C)c(C(F)(F)F)c2)C(CC)CN1. The first kappa shape index (κ1) is 16.1. The number of hydrogen-bond donors (Lipinski definition) is 1. The first-order valence-electron chi connectivity index (χ1n) is 7.54. The third-order valence-corrected chi connectivity index (χ3v) is 4.32. The second-order valence-corrected chi connectivity index (χ2v) is 5.72. The molecule has 21 heavy (non-hydrogen) atoms. The van der Waals surface area contributed by atoms with E-state index in [4.69, 9.17) is 0 Å². The van der Waals surface area contributed by atoms with Gasteiger partial charge >= 0.3 is 6.18 Å². The summed E-state index contributed by atoms with van der Waals surface area (Å²) in [4.78, 5) is 2.12. The zero-order valence-electron chi connectivity index (χ0n) is 12.8. The van der Waals surface area contributed by atoms with Crippen molar-refractivity contribution in [3.63, 3.8) is 0 Å². The van der Waals surface area contributed by atoms with Gasteiger partial charge in [0.2, 0.25) is 0 Å². The second kappa shape index (κ2) is 6.26. The summed E-state index contributed by atoms with van der Waals surface area (Å²) in [6.07, 6.45) is -2.40. The Bertz CT molecular complexity index is 485. The minimum absolute atomic E-state index is 0.247. The molecule has 0 saturated carbocycles. The van der Waals surface area contributed by atoms with E-state index >= 15 is 0 Å². The Kier molecular flexibility index (Phi) is 4.81. The molecule has 0 radical (unpaired) electrons. The van der Waals surface area contributed by atoms with Crippen molar-refractivity contribution < 1.29 is 13.2 Å². The number of anilines is 1. The van der Waals surface area contributed by atoms with Gasteiger partial charge in [-0.05, 0) is 37.5 Å². The molecule has 5 heteroatoms. The van der Waals surface area contributed by atoms with E-state index in [1.165, 1.54) is 13.0 Å². The van der Waals surface area contributed by atoms with E-state index in [0.717, 1.165) is 25.9 Å². The number of piperazine rings is 1. The van der Waals surface area contributed by atoms with Crippen molar-refractivity contribution in [1.82, 2.24) is 5.32 Å². The van der Waals surface area contributed by atoms with E-state index in [9.17, 15) is 13.2 Å². The zero-order valence-corrected chi connectivity index (χ0v) is 12.8. The Morgan fingerprint density at radius 2 is 1.95 bits per heavy atom. The first-order valence-corrected chi connectivity index (χ1v) is 7.54. The maximum Gasteiger partial charge on any atom is 0.416 e. The fourth-order valence-electron chi connectivity index (χ4n) is 2.91. The number of rotatable bonds is 3. The molecular weight excluding hydrogens is 277 g/mol. The molecule has 1 fully saturated rings. The highest BCUT2D eigenvalue weighted by Crippen LogP contribution is 2.35. The number of nitrogens with zero attached hydrogens (tertiary/aromatic N) is 1. The Balaban J connectivity index is 2.34. The molecule has 0 aromatic heterocycles. The second-order valence-electron chi connectivity index (χ2n) is 5.72. The number of nitrogens with one attached hydrogen (secondary N) is 1. The molecule has 0 spiro atoms. The van der Waals surface area contributed by atoms with Gasteiger partial charge in [-0.25, -0.2) is 0 Å². The maximum atomic E-state index is 13.1. The molecule has 1 aliphatic rings. The van der Waals surface area contributed by atoms with Crippen LogP contribution < -0.4 is 10.2 Å². The maximum absolute atomic E-state index is 13.1. The third-order valence-electron chi connectivity index (χ3n) is 4.32. The van der Waals surface area contributed by atoms with Gasteiger partial charge in [0.15, 0.2) is 0 Å². The van der Waals surface area contributed by atoms with Crippen molar-refractivity contribution in [1.29, 1.82) is 0 Å². The van der Waals surface area contributed by atoms with Gasteiger partial charge in [0, 0.05) is 30.9 Å². The lowest BCUT2D eigenvalue weighted by molar-refractivity contribution is -0.138. The fraction of sp³-hybridized carbons (Fsp3) is 0.625. The molecule has 0 aliphatic carbocycles. The normalized spacial score (nSPS) is 23.4. The molecule has 1 aromatic carbocycles. The Hall–Kier alpha value is -1.23. The van der Waals surface area contributed by atoms with Crippen LogP contribution in [0, 0.1) is 6.92 Å². The Morgan fingerprint density at radius 1 is 1.24 bits per heavy atom. The lowest BCUT2D eigenvalue weighted by atomic mass is 10.0. The van der Waals surface area contributed by atoms with Crippen LogP contribution in [0.25, 0.3) is 0 Å². The molecule has 1 N–H and O–H groups in total. The van der Waals surface area contributed by atoms with E-state index in [1.54, 1.807) is 6.07 Å². The molecule has 118 valence electrons.